The van der Waals surface area contributed by atoms with Gasteiger partial charge in [0.15, 0.2) is 0 Å². The van der Waals surface area contributed by atoms with E-state index in [1.54, 1.807) is 12.3 Å². The minimum Gasteiger partial charge on any atom is -0.437 e. The first-order chi connectivity index (χ1) is 8.06. The maximum atomic E-state index is 13.0. The molecule has 5 heteroatoms. The summed E-state index contributed by atoms with van der Waals surface area (Å²) in [6.07, 6.45) is 1.54. The second-order valence-electron chi connectivity index (χ2n) is 3.56. The lowest BCUT2D eigenvalue weighted by atomic mass is 10.3. The Morgan fingerprint density at radius 2 is 2.00 bits per heavy atom. The number of nitrogens with zero attached hydrogens (tertiary/aromatic N) is 2. The lowest BCUT2D eigenvalue weighted by Gasteiger charge is -2.06. The summed E-state index contributed by atoms with van der Waals surface area (Å²) in [6.45, 7) is 3.73. The summed E-state index contributed by atoms with van der Waals surface area (Å²) in [5, 5.41) is 0. The van der Waals surface area contributed by atoms with Crippen molar-refractivity contribution in [3.05, 3.63) is 46.1 Å². The van der Waals surface area contributed by atoms with E-state index < -0.39 is 0 Å². The van der Waals surface area contributed by atoms with Crippen LogP contribution in [0.15, 0.2) is 28.9 Å². The number of rotatable bonds is 2. The molecule has 0 atom stereocenters. The molecule has 17 heavy (non-hydrogen) atoms. The van der Waals surface area contributed by atoms with Crippen LogP contribution < -0.4 is 4.74 Å². The number of hydrogen-bond acceptors (Lipinski definition) is 3. The van der Waals surface area contributed by atoms with Crippen LogP contribution in [0.2, 0.25) is 0 Å². The number of aryl methyl sites for hydroxylation is 2. The summed E-state index contributed by atoms with van der Waals surface area (Å²) >= 11 is 3.09. The van der Waals surface area contributed by atoms with Crippen molar-refractivity contribution in [1.82, 2.24) is 9.97 Å². The molecule has 88 valence electrons. The molecule has 0 amide bonds. The van der Waals surface area contributed by atoms with Crippen molar-refractivity contribution in [3.63, 3.8) is 0 Å². The molecule has 2 rings (SSSR count). The Labute approximate surface area is 107 Å². The number of halogens is 2. The maximum Gasteiger partial charge on any atom is 0.238 e. The van der Waals surface area contributed by atoms with Crippen LogP contribution in [0.25, 0.3) is 0 Å². The van der Waals surface area contributed by atoms with Gasteiger partial charge in [-0.1, -0.05) is 0 Å². The van der Waals surface area contributed by atoms with E-state index >= 15 is 0 Å². The van der Waals surface area contributed by atoms with Gasteiger partial charge >= 0.3 is 0 Å². The molecule has 0 N–H and O–H groups in total. The molecule has 0 bridgehead atoms. The highest BCUT2D eigenvalue weighted by Crippen LogP contribution is 2.25. The highest BCUT2D eigenvalue weighted by atomic mass is 79.9. The first kappa shape index (κ1) is 12.0. The lowest BCUT2D eigenvalue weighted by molar-refractivity contribution is 0.456. The van der Waals surface area contributed by atoms with E-state index in [0.29, 0.717) is 16.1 Å². The summed E-state index contributed by atoms with van der Waals surface area (Å²) in [7, 11) is 0. The molecule has 0 aliphatic heterocycles. The zero-order valence-electron chi connectivity index (χ0n) is 9.37. The molecule has 0 aliphatic carbocycles. The van der Waals surface area contributed by atoms with E-state index in [0.717, 1.165) is 11.4 Å². The molecule has 1 heterocycles. The summed E-state index contributed by atoms with van der Waals surface area (Å²) in [6, 6.07) is 4.41. The van der Waals surface area contributed by atoms with Crippen LogP contribution in [0.5, 0.6) is 11.6 Å². The van der Waals surface area contributed by atoms with Gasteiger partial charge in [-0.2, -0.15) is 0 Å². The molecule has 0 radical (unpaired) electrons. The molecule has 1 aromatic heterocycles. The molecule has 0 spiro atoms. The monoisotopic (exact) mass is 296 g/mol. The first-order valence-electron chi connectivity index (χ1n) is 4.99. The Morgan fingerprint density at radius 3 is 2.65 bits per heavy atom. The van der Waals surface area contributed by atoms with Crippen LogP contribution in [0.3, 0.4) is 0 Å². The van der Waals surface area contributed by atoms with Crippen LogP contribution in [0, 0.1) is 19.7 Å². The molecule has 0 fully saturated rings. The molecule has 0 saturated carbocycles. The van der Waals surface area contributed by atoms with Gasteiger partial charge in [-0.05, 0) is 48.0 Å². The van der Waals surface area contributed by atoms with Crippen molar-refractivity contribution in [2.75, 3.05) is 0 Å². The van der Waals surface area contributed by atoms with E-state index in [4.69, 9.17) is 4.74 Å². The van der Waals surface area contributed by atoms with Crippen molar-refractivity contribution in [2.24, 2.45) is 0 Å². The molecule has 1 aromatic carbocycles. The maximum absolute atomic E-state index is 13.0. The van der Waals surface area contributed by atoms with E-state index in [1.165, 1.54) is 12.1 Å². The summed E-state index contributed by atoms with van der Waals surface area (Å²) in [4.78, 5) is 8.37. The Bertz CT molecular complexity index is 511. The third-order valence-corrected chi connectivity index (χ3v) is 2.89. The predicted molar refractivity (Wildman–Crippen MR) is 65.7 cm³/mol. The largest absolute Gasteiger partial charge is 0.437 e. The van der Waals surface area contributed by atoms with Gasteiger partial charge < -0.3 is 4.74 Å². The van der Waals surface area contributed by atoms with Crippen molar-refractivity contribution >= 4 is 15.9 Å². The van der Waals surface area contributed by atoms with Crippen LogP contribution >= 0.6 is 15.9 Å². The standard InChI is InChI=1S/C12H10BrFN2O/c1-7-8(2)16-12(6-15-7)17-9-3-4-11(14)10(13)5-9/h3-6H,1-2H3. The van der Waals surface area contributed by atoms with Crippen molar-refractivity contribution in [2.45, 2.75) is 13.8 Å². The van der Waals surface area contributed by atoms with E-state index in [-0.39, 0.29) is 5.82 Å². The third-order valence-electron chi connectivity index (χ3n) is 2.28. The fourth-order valence-electron chi connectivity index (χ4n) is 1.23. The van der Waals surface area contributed by atoms with Gasteiger partial charge in [0.25, 0.3) is 0 Å². The van der Waals surface area contributed by atoms with E-state index in [9.17, 15) is 4.39 Å². The zero-order valence-corrected chi connectivity index (χ0v) is 11.0. The average Bonchev–Trinajstić information content (AvgIpc) is 2.29. The van der Waals surface area contributed by atoms with Gasteiger partial charge in [-0.3, -0.25) is 4.98 Å². The fraction of sp³-hybridized carbons (Fsp3) is 0.167. The fourth-order valence-corrected chi connectivity index (χ4v) is 1.59. The molecule has 0 aliphatic rings. The van der Waals surface area contributed by atoms with Crippen LogP contribution in [0.1, 0.15) is 11.4 Å². The zero-order chi connectivity index (χ0) is 12.4. The van der Waals surface area contributed by atoms with Crippen LogP contribution in [0.4, 0.5) is 4.39 Å². The van der Waals surface area contributed by atoms with Crippen LogP contribution in [-0.4, -0.2) is 9.97 Å². The van der Waals surface area contributed by atoms with Gasteiger partial charge in [0, 0.05) is 0 Å². The van der Waals surface area contributed by atoms with Crippen molar-refractivity contribution < 1.29 is 9.13 Å². The van der Waals surface area contributed by atoms with E-state index in [1.807, 2.05) is 13.8 Å². The molecule has 0 unspecified atom stereocenters. The summed E-state index contributed by atoms with van der Waals surface area (Å²) in [5.41, 5.74) is 1.67. The second-order valence-corrected chi connectivity index (χ2v) is 4.41. The average molecular weight is 297 g/mol. The quantitative estimate of drug-likeness (QED) is 0.846. The van der Waals surface area contributed by atoms with Gasteiger partial charge in [-0.25, -0.2) is 9.37 Å². The number of benzene rings is 1. The topological polar surface area (TPSA) is 35.0 Å². The normalized spacial score (nSPS) is 10.4. The molecular formula is C12H10BrFN2O. The van der Waals surface area contributed by atoms with Gasteiger partial charge in [-0.15, -0.1) is 0 Å². The highest BCUT2D eigenvalue weighted by molar-refractivity contribution is 9.10. The predicted octanol–water partition coefficient (Wildman–Crippen LogP) is 3.79. The number of aromatic nitrogens is 2. The van der Waals surface area contributed by atoms with Gasteiger partial charge in [0.2, 0.25) is 5.88 Å². The Hall–Kier alpha value is -1.49. The summed E-state index contributed by atoms with van der Waals surface area (Å²) < 4.78 is 18.9. The number of ether oxygens (including phenoxy) is 1. The minimum atomic E-state index is -0.330. The molecule has 3 nitrogen and oxygen atoms in total. The minimum absolute atomic E-state index is 0.330. The van der Waals surface area contributed by atoms with Crippen molar-refractivity contribution in [1.29, 1.82) is 0 Å². The smallest absolute Gasteiger partial charge is 0.238 e. The first-order valence-corrected chi connectivity index (χ1v) is 5.78. The van der Waals surface area contributed by atoms with Crippen LogP contribution in [-0.2, 0) is 0 Å². The SMILES string of the molecule is Cc1ncc(Oc2ccc(F)c(Br)c2)nc1C. The van der Waals surface area contributed by atoms with Gasteiger partial charge in [0.05, 0.1) is 22.1 Å². The second kappa shape index (κ2) is 4.79. The lowest BCUT2D eigenvalue weighted by Crippen LogP contribution is -1.95. The third kappa shape index (κ3) is 2.79. The molecule has 2 aromatic rings. The van der Waals surface area contributed by atoms with Gasteiger partial charge in [0.1, 0.15) is 11.6 Å². The Kier molecular flexibility index (Phi) is 3.38. The Morgan fingerprint density at radius 1 is 1.24 bits per heavy atom. The molecule has 0 saturated heterocycles. The summed E-state index contributed by atoms with van der Waals surface area (Å²) in [5.74, 6) is 0.575. The van der Waals surface area contributed by atoms with E-state index in [2.05, 4.69) is 25.9 Å². The Balaban J connectivity index is 2.25. The highest BCUT2D eigenvalue weighted by Gasteiger charge is 2.05. The van der Waals surface area contributed by atoms with Crippen molar-refractivity contribution in [3.8, 4) is 11.6 Å². The number of hydrogen-bond donors (Lipinski definition) is 0. The molecular weight excluding hydrogens is 287 g/mol.